The predicted octanol–water partition coefficient (Wildman–Crippen LogP) is 3.94. The molecule has 1 aliphatic carbocycles. The number of hydrogen-bond acceptors (Lipinski definition) is 5. The summed E-state index contributed by atoms with van der Waals surface area (Å²) < 4.78 is 5.32. The first-order valence-corrected chi connectivity index (χ1v) is 9.22. The minimum Gasteiger partial charge on any atom is -0.444 e. The Morgan fingerprint density at radius 2 is 1.91 bits per heavy atom. The molecule has 1 aliphatic rings. The molecule has 5 nitrogen and oxygen atoms in total. The zero-order chi connectivity index (χ0) is 17.0. The van der Waals surface area contributed by atoms with Crippen LogP contribution in [0.3, 0.4) is 0 Å². The van der Waals surface area contributed by atoms with Crippen LogP contribution < -0.4 is 10.6 Å². The highest BCUT2D eigenvalue weighted by Crippen LogP contribution is 2.24. The summed E-state index contributed by atoms with van der Waals surface area (Å²) in [5.74, 6) is 0. The first-order chi connectivity index (χ1) is 10.7. The van der Waals surface area contributed by atoms with Gasteiger partial charge in [0.25, 0.3) is 0 Å². The third kappa shape index (κ3) is 6.11. The molecule has 0 bridgehead atoms. The molecule has 1 unspecified atom stereocenters. The van der Waals surface area contributed by atoms with E-state index >= 15 is 0 Å². The molecular weight excluding hydrogens is 310 g/mol. The van der Waals surface area contributed by atoms with E-state index in [1.807, 2.05) is 27.0 Å². The average Bonchev–Trinajstić information content (AvgIpc) is 2.85. The zero-order valence-electron chi connectivity index (χ0n) is 14.8. The minimum atomic E-state index is -0.440. The Balaban J connectivity index is 1.72. The first kappa shape index (κ1) is 18.2. The predicted molar refractivity (Wildman–Crippen MR) is 93.8 cm³/mol. The second-order valence-electron chi connectivity index (χ2n) is 7.39. The lowest BCUT2D eigenvalue weighted by atomic mass is 9.91. The first-order valence-electron chi connectivity index (χ1n) is 8.41. The molecule has 1 saturated carbocycles. The van der Waals surface area contributed by atoms with Crippen molar-refractivity contribution >= 4 is 17.4 Å². The Morgan fingerprint density at radius 1 is 1.30 bits per heavy atom. The van der Waals surface area contributed by atoms with E-state index in [1.165, 1.54) is 4.88 Å². The molecule has 1 aromatic heterocycles. The van der Waals surface area contributed by atoms with Crippen LogP contribution in [0.15, 0.2) is 6.20 Å². The molecule has 0 radical (unpaired) electrons. The number of hydrogen-bond donors (Lipinski definition) is 2. The lowest BCUT2D eigenvalue weighted by Gasteiger charge is -2.31. The van der Waals surface area contributed by atoms with Crippen molar-refractivity contribution in [2.45, 2.75) is 84.0 Å². The average molecular weight is 340 g/mol. The molecule has 2 N–H and O–H groups in total. The van der Waals surface area contributed by atoms with E-state index in [0.717, 1.165) is 30.7 Å². The minimum absolute atomic E-state index is 0.223. The maximum Gasteiger partial charge on any atom is 0.407 e. The number of rotatable bonds is 4. The number of ether oxygens (including phenoxy) is 1. The van der Waals surface area contributed by atoms with E-state index in [2.05, 4.69) is 29.5 Å². The molecule has 23 heavy (non-hydrogen) atoms. The maximum atomic E-state index is 11.8. The second kappa shape index (κ2) is 7.62. The topological polar surface area (TPSA) is 63.2 Å². The summed E-state index contributed by atoms with van der Waals surface area (Å²) in [4.78, 5) is 17.5. The van der Waals surface area contributed by atoms with E-state index in [-0.39, 0.29) is 18.2 Å². The Morgan fingerprint density at radius 3 is 2.43 bits per heavy atom. The van der Waals surface area contributed by atoms with E-state index in [9.17, 15) is 4.79 Å². The molecule has 1 fully saturated rings. The highest BCUT2D eigenvalue weighted by Gasteiger charge is 2.25. The van der Waals surface area contributed by atoms with Crippen molar-refractivity contribution in [3.05, 3.63) is 16.1 Å². The maximum absolute atomic E-state index is 11.8. The number of aromatic nitrogens is 1. The highest BCUT2D eigenvalue weighted by molar-refractivity contribution is 7.11. The number of carbonyl (C=O) groups excluding carboxylic acids is 1. The smallest absolute Gasteiger partial charge is 0.407 e. The summed E-state index contributed by atoms with van der Waals surface area (Å²) in [6.45, 7) is 9.91. The fraction of sp³-hybridized carbons (Fsp3) is 0.765. The van der Waals surface area contributed by atoms with Crippen LogP contribution in [0.1, 0.15) is 69.3 Å². The normalized spacial score (nSPS) is 23.3. The molecular formula is C17H29N3O2S. The molecule has 1 amide bonds. The summed E-state index contributed by atoms with van der Waals surface area (Å²) in [6.07, 6.45) is 5.73. The Bertz CT molecular complexity index is 516. The van der Waals surface area contributed by atoms with Gasteiger partial charge in [-0.1, -0.05) is 0 Å². The van der Waals surface area contributed by atoms with Gasteiger partial charge in [-0.25, -0.2) is 9.78 Å². The van der Waals surface area contributed by atoms with Crippen LogP contribution in [-0.4, -0.2) is 28.8 Å². The number of alkyl carbamates (subject to hydrolysis) is 1. The lowest BCUT2D eigenvalue weighted by Crippen LogP contribution is -2.44. The van der Waals surface area contributed by atoms with Gasteiger partial charge in [0.1, 0.15) is 10.6 Å². The molecule has 130 valence electrons. The second-order valence-corrected chi connectivity index (χ2v) is 8.66. The fourth-order valence-corrected chi connectivity index (χ4v) is 3.66. The van der Waals surface area contributed by atoms with Crippen LogP contribution in [0.2, 0.25) is 0 Å². The Kier molecular flexibility index (Phi) is 6.03. The number of nitrogens with one attached hydrogen (secondary N) is 2. The Labute approximate surface area is 143 Å². The van der Waals surface area contributed by atoms with Crippen LogP contribution in [0, 0.1) is 6.92 Å². The molecule has 2 rings (SSSR count). The summed E-state index contributed by atoms with van der Waals surface area (Å²) >= 11 is 1.75. The lowest BCUT2D eigenvalue weighted by molar-refractivity contribution is 0.0489. The monoisotopic (exact) mass is 339 g/mol. The molecule has 1 atom stereocenters. The summed E-state index contributed by atoms with van der Waals surface area (Å²) in [5.41, 5.74) is -0.440. The summed E-state index contributed by atoms with van der Waals surface area (Å²) in [7, 11) is 0. The van der Waals surface area contributed by atoms with Crippen molar-refractivity contribution in [3.8, 4) is 0 Å². The summed E-state index contributed by atoms with van der Waals surface area (Å²) in [6, 6.07) is 1.00. The van der Waals surface area contributed by atoms with E-state index < -0.39 is 5.60 Å². The van der Waals surface area contributed by atoms with Gasteiger partial charge >= 0.3 is 6.09 Å². The van der Waals surface area contributed by atoms with Crippen molar-refractivity contribution in [3.63, 3.8) is 0 Å². The number of aryl methyl sites for hydroxylation is 1. The van der Waals surface area contributed by atoms with Crippen LogP contribution in [-0.2, 0) is 4.74 Å². The number of amides is 1. The zero-order valence-corrected chi connectivity index (χ0v) is 15.6. The fourth-order valence-electron chi connectivity index (χ4n) is 2.88. The van der Waals surface area contributed by atoms with Crippen molar-refractivity contribution < 1.29 is 9.53 Å². The molecule has 0 aliphatic heterocycles. The van der Waals surface area contributed by atoms with Crippen molar-refractivity contribution in [2.24, 2.45) is 0 Å². The SMILES string of the molecule is Cc1cnc(C(C)NC2CCC(NC(=O)OC(C)(C)C)CC2)s1. The molecule has 0 aromatic carbocycles. The van der Waals surface area contributed by atoms with Gasteiger partial charge in [-0.05, 0) is 60.3 Å². The van der Waals surface area contributed by atoms with E-state index in [1.54, 1.807) is 11.3 Å². The van der Waals surface area contributed by atoms with Gasteiger partial charge < -0.3 is 15.4 Å². The van der Waals surface area contributed by atoms with Gasteiger partial charge in [0.05, 0.1) is 6.04 Å². The number of nitrogens with zero attached hydrogens (tertiary/aromatic N) is 1. The van der Waals surface area contributed by atoms with Crippen LogP contribution in [0.5, 0.6) is 0 Å². The standard InChI is InChI=1S/C17H29N3O2S/c1-11-10-18-15(23-11)12(2)19-13-6-8-14(9-7-13)20-16(21)22-17(3,4)5/h10,12-14,19H,6-9H2,1-5H3,(H,20,21). The quantitative estimate of drug-likeness (QED) is 0.872. The van der Waals surface area contributed by atoms with Gasteiger partial charge in [0.15, 0.2) is 0 Å². The molecule has 0 saturated heterocycles. The van der Waals surface area contributed by atoms with Gasteiger partial charge in [0.2, 0.25) is 0 Å². The Hall–Kier alpha value is -1.14. The van der Waals surface area contributed by atoms with Crippen molar-refractivity contribution in [2.75, 3.05) is 0 Å². The van der Waals surface area contributed by atoms with Gasteiger partial charge in [-0.15, -0.1) is 11.3 Å². The molecule has 6 heteroatoms. The third-order valence-electron chi connectivity index (χ3n) is 3.94. The largest absolute Gasteiger partial charge is 0.444 e. The number of thiazole rings is 1. The number of carbonyl (C=O) groups is 1. The van der Waals surface area contributed by atoms with E-state index in [4.69, 9.17) is 4.74 Å². The van der Waals surface area contributed by atoms with E-state index in [0.29, 0.717) is 6.04 Å². The van der Waals surface area contributed by atoms with Gasteiger partial charge in [0, 0.05) is 23.2 Å². The van der Waals surface area contributed by atoms with Crippen LogP contribution in [0.25, 0.3) is 0 Å². The van der Waals surface area contributed by atoms with Gasteiger partial charge in [-0.3, -0.25) is 0 Å². The van der Waals surface area contributed by atoms with Gasteiger partial charge in [-0.2, -0.15) is 0 Å². The van der Waals surface area contributed by atoms with Crippen LogP contribution >= 0.6 is 11.3 Å². The summed E-state index contributed by atoms with van der Waals surface area (Å²) in [5, 5.41) is 7.80. The highest BCUT2D eigenvalue weighted by atomic mass is 32.1. The van der Waals surface area contributed by atoms with Crippen molar-refractivity contribution in [1.29, 1.82) is 0 Å². The molecule has 1 heterocycles. The third-order valence-corrected chi connectivity index (χ3v) is 5.04. The van der Waals surface area contributed by atoms with Crippen molar-refractivity contribution in [1.82, 2.24) is 15.6 Å². The van der Waals surface area contributed by atoms with Crippen LogP contribution in [0.4, 0.5) is 4.79 Å². The molecule has 1 aromatic rings. The molecule has 0 spiro atoms.